The van der Waals surface area contributed by atoms with Gasteiger partial charge in [-0.2, -0.15) is 13.2 Å². The van der Waals surface area contributed by atoms with Gasteiger partial charge in [0, 0.05) is 12.5 Å². The average molecular weight is 490 g/mol. The smallest absolute Gasteiger partial charge is 0.407 e. The van der Waals surface area contributed by atoms with Gasteiger partial charge in [0.1, 0.15) is 18.7 Å². The maximum absolute atomic E-state index is 13.2. The maximum atomic E-state index is 13.2. The van der Waals surface area contributed by atoms with E-state index in [2.05, 4.69) is 0 Å². The summed E-state index contributed by atoms with van der Waals surface area (Å²) < 4.78 is 44.9. The molecule has 1 aliphatic heterocycles. The molecule has 0 aromatic heterocycles. The summed E-state index contributed by atoms with van der Waals surface area (Å²) in [5, 5.41) is 11.5. The summed E-state index contributed by atoms with van der Waals surface area (Å²) in [7, 11) is 0. The minimum atomic E-state index is -4.76. The minimum absolute atomic E-state index is 0.00229. The van der Waals surface area contributed by atoms with E-state index in [-0.39, 0.29) is 19.1 Å². The van der Waals surface area contributed by atoms with E-state index in [4.69, 9.17) is 4.74 Å². The molecule has 4 rings (SSSR count). The number of nitrogens with zero attached hydrogens (tertiary/aromatic N) is 1. The van der Waals surface area contributed by atoms with Crippen LogP contribution in [0.5, 0.6) is 0 Å². The first kappa shape index (κ1) is 24.6. The number of carboxylic acid groups (broad SMARTS) is 1. The van der Waals surface area contributed by atoms with E-state index in [9.17, 15) is 32.7 Å². The second kappa shape index (κ2) is 9.59. The number of carbonyl (C=O) groups excluding carboxylic acids is 2. The van der Waals surface area contributed by atoms with Gasteiger partial charge in [-0.05, 0) is 34.6 Å². The zero-order valence-electron chi connectivity index (χ0n) is 18.9. The summed E-state index contributed by atoms with van der Waals surface area (Å²) in [5.74, 6) is -3.11. The first-order valence-corrected chi connectivity index (χ1v) is 11.3. The highest BCUT2D eigenvalue weighted by Crippen LogP contribution is 2.44. The van der Waals surface area contributed by atoms with Crippen LogP contribution in [0.1, 0.15) is 36.8 Å². The number of alkyl carbamates (subject to hydrolysis) is 1. The normalized spacial score (nSPS) is 20.2. The Kier molecular flexibility index (Phi) is 6.73. The molecule has 3 atom stereocenters. The molecular formula is C25H25F3N2O5. The number of benzene rings is 2. The third kappa shape index (κ3) is 5.11. The number of amides is 2. The summed E-state index contributed by atoms with van der Waals surface area (Å²) >= 11 is 0. The molecule has 0 radical (unpaired) electrons. The van der Waals surface area contributed by atoms with Gasteiger partial charge < -0.3 is 20.1 Å². The number of halogens is 3. The van der Waals surface area contributed by atoms with Gasteiger partial charge in [0.15, 0.2) is 0 Å². The Hall–Kier alpha value is -3.56. The predicted octanol–water partition coefficient (Wildman–Crippen LogP) is 4.17. The van der Waals surface area contributed by atoms with E-state index < -0.39 is 48.6 Å². The predicted molar refractivity (Wildman–Crippen MR) is 120 cm³/mol. The molecule has 0 spiro atoms. The number of aliphatic carboxylic acids is 1. The van der Waals surface area contributed by atoms with Crippen LogP contribution in [-0.2, 0) is 14.3 Å². The number of fused-ring (bicyclic) bond motifs is 3. The van der Waals surface area contributed by atoms with Crippen molar-refractivity contribution >= 4 is 18.0 Å². The molecule has 2 aliphatic rings. The van der Waals surface area contributed by atoms with Crippen molar-refractivity contribution in [2.75, 3.05) is 13.2 Å². The molecule has 2 aromatic carbocycles. The lowest BCUT2D eigenvalue weighted by Crippen LogP contribution is -2.53. The molecule has 2 N–H and O–H groups in total. The number of likely N-dealkylation sites (tertiary alicyclic amines) is 1. The number of hydrogen-bond donors (Lipinski definition) is 2. The van der Waals surface area contributed by atoms with Gasteiger partial charge in [-0.1, -0.05) is 55.5 Å². The molecule has 0 bridgehead atoms. The van der Waals surface area contributed by atoms with Crippen molar-refractivity contribution in [3.8, 4) is 11.1 Å². The largest absolute Gasteiger partial charge is 0.480 e. The van der Waals surface area contributed by atoms with E-state index in [0.29, 0.717) is 6.42 Å². The van der Waals surface area contributed by atoms with Crippen molar-refractivity contribution in [1.29, 1.82) is 0 Å². The molecule has 3 unspecified atom stereocenters. The molecule has 1 saturated heterocycles. The second-order valence-corrected chi connectivity index (χ2v) is 8.92. The van der Waals surface area contributed by atoms with Crippen LogP contribution in [-0.4, -0.2) is 59.4 Å². The quantitative estimate of drug-likeness (QED) is 0.634. The van der Waals surface area contributed by atoms with Crippen LogP contribution in [0, 0.1) is 5.92 Å². The highest BCUT2D eigenvalue weighted by atomic mass is 19.4. The van der Waals surface area contributed by atoms with Crippen molar-refractivity contribution < 1.29 is 37.4 Å². The zero-order valence-corrected chi connectivity index (χ0v) is 18.9. The number of rotatable bonds is 6. The highest BCUT2D eigenvalue weighted by molar-refractivity contribution is 5.90. The minimum Gasteiger partial charge on any atom is -0.480 e. The molecular weight excluding hydrogens is 465 g/mol. The number of carbonyl (C=O) groups is 3. The van der Waals surface area contributed by atoms with Crippen molar-refractivity contribution in [1.82, 2.24) is 10.2 Å². The first-order valence-electron chi connectivity index (χ1n) is 11.3. The Balaban J connectivity index is 1.47. The summed E-state index contributed by atoms with van der Waals surface area (Å²) in [4.78, 5) is 37.9. The van der Waals surface area contributed by atoms with Gasteiger partial charge in [-0.3, -0.25) is 4.79 Å². The summed E-state index contributed by atoms with van der Waals surface area (Å²) in [5.41, 5.74) is 3.84. The summed E-state index contributed by atoms with van der Waals surface area (Å²) in [6, 6.07) is 11.9. The molecule has 10 heteroatoms. The Bertz CT molecular complexity index is 1090. The van der Waals surface area contributed by atoms with Crippen LogP contribution >= 0.6 is 0 Å². The molecule has 2 amide bonds. The van der Waals surface area contributed by atoms with Gasteiger partial charge in [0.2, 0.25) is 5.91 Å². The van der Waals surface area contributed by atoms with Crippen molar-refractivity contribution in [3.05, 3.63) is 59.7 Å². The third-order valence-electron chi connectivity index (χ3n) is 6.61. The third-order valence-corrected chi connectivity index (χ3v) is 6.61. The SMILES string of the molecule is CC1CCN(C(=O)C(CC(F)(F)F)NC(=O)OCC2c3ccccc3-c3ccccc32)C1C(=O)O. The Morgan fingerprint density at radius 1 is 1.09 bits per heavy atom. The number of ether oxygens (including phenoxy) is 1. The molecule has 7 nitrogen and oxygen atoms in total. The van der Waals surface area contributed by atoms with E-state index in [0.717, 1.165) is 27.2 Å². The lowest BCUT2D eigenvalue weighted by Gasteiger charge is -2.28. The molecule has 1 aliphatic carbocycles. The Morgan fingerprint density at radius 3 is 2.20 bits per heavy atom. The summed E-state index contributed by atoms with van der Waals surface area (Å²) in [6.07, 6.45) is -7.23. The van der Waals surface area contributed by atoms with E-state index in [1.54, 1.807) is 6.92 Å². The maximum Gasteiger partial charge on any atom is 0.407 e. The second-order valence-electron chi connectivity index (χ2n) is 8.92. The Labute approximate surface area is 199 Å². The fourth-order valence-corrected chi connectivity index (χ4v) is 4.98. The number of alkyl halides is 3. The first-order chi connectivity index (χ1) is 16.6. The van der Waals surface area contributed by atoms with E-state index >= 15 is 0 Å². The van der Waals surface area contributed by atoms with Crippen LogP contribution in [0.4, 0.5) is 18.0 Å². The lowest BCUT2D eigenvalue weighted by atomic mass is 9.98. The molecule has 2 aromatic rings. The van der Waals surface area contributed by atoms with Crippen molar-refractivity contribution in [3.63, 3.8) is 0 Å². The topological polar surface area (TPSA) is 95.9 Å². The van der Waals surface area contributed by atoms with Gasteiger partial charge >= 0.3 is 18.2 Å². The zero-order chi connectivity index (χ0) is 25.3. The molecule has 186 valence electrons. The van der Waals surface area contributed by atoms with E-state index in [1.165, 1.54) is 0 Å². The number of carboxylic acids is 1. The van der Waals surface area contributed by atoms with Crippen LogP contribution in [0.3, 0.4) is 0 Å². The van der Waals surface area contributed by atoms with Gasteiger partial charge in [-0.25, -0.2) is 9.59 Å². The van der Waals surface area contributed by atoms with E-state index in [1.807, 2.05) is 53.8 Å². The number of hydrogen-bond acceptors (Lipinski definition) is 4. The molecule has 35 heavy (non-hydrogen) atoms. The van der Waals surface area contributed by atoms with Crippen molar-refractivity contribution in [2.24, 2.45) is 5.92 Å². The average Bonchev–Trinajstić information content (AvgIpc) is 3.34. The van der Waals surface area contributed by atoms with Crippen LogP contribution in [0.25, 0.3) is 11.1 Å². The highest BCUT2D eigenvalue weighted by Gasteiger charge is 2.45. The molecule has 1 fully saturated rings. The number of nitrogens with one attached hydrogen (secondary N) is 1. The van der Waals surface area contributed by atoms with Crippen LogP contribution < -0.4 is 5.32 Å². The Morgan fingerprint density at radius 2 is 1.66 bits per heavy atom. The van der Waals surface area contributed by atoms with Crippen LogP contribution in [0.2, 0.25) is 0 Å². The van der Waals surface area contributed by atoms with Crippen LogP contribution in [0.15, 0.2) is 48.5 Å². The molecule has 1 heterocycles. The van der Waals surface area contributed by atoms with Gasteiger partial charge in [0.05, 0.1) is 6.42 Å². The van der Waals surface area contributed by atoms with Crippen molar-refractivity contribution in [2.45, 2.75) is 43.9 Å². The lowest BCUT2D eigenvalue weighted by molar-refractivity contribution is -0.158. The van der Waals surface area contributed by atoms with Gasteiger partial charge in [-0.15, -0.1) is 0 Å². The molecule has 0 saturated carbocycles. The fraction of sp³-hybridized carbons (Fsp3) is 0.400. The standard InChI is InChI=1S/C25H25F3N2O5/c1-14-10-11-30(21(14)23(32)33)22(31)20(12-25(26,27)28)29-24(34)35-13-19-17-8-4-2-6-15(17)16-7-3-5-9-18(16)19/h2-9,14,19-21H,10-13H2,1H3,(H,29,34)(H,32,33). The fourth-order valence-electron chi connectivity index (χ4n) is 4.98. The summed E-state index contributed by atoms with van der Waals surface area (Å²) in [6.45, 7) is 1.48. The monoisotopic (exact) mass is 490 g/mol. The van der Waals surface area contributed by atoms with Gasteiger partial charge in [0.25, 0.3) is 0 Å².